The second-order valence-corrected chi connectivity index (χ2v) is 9.79. The Bertz CT molecular complexity index is 914. The largest absolute Gasteiger partial charge is 0.395 e. The van der Waals surface area contributed by atoms with Gasteiger partial charge in [0.1, 0.15) is 6.04 Å². The molecule has 32 heavy (non-hydrogen) atoms. The van der Waals surface area contributed by atoms with Crippen molar-refractivity contribution in [1.29, 1.82) is 0 Å². The predicted octanol–water partition coefficient (Wildman–Crippen LogP) is 3.89. The third-order valence-corrected chi connectivity index (χ3v) is 7.01. The number of aromatic nitrogens is 1. The molecular formula is C23H31ClN4O3S. The number of rotatable bonds is 10. The molecule has 0 unspecified atom stereocenters. The number of carbonyl (C=O) groups is 2. The number of hydrogen-bond donors (Lipinski definition) is 4. The van der Waals surface area contributed by atoms with Crippen molar-refractivity contribution >= 4 is 40.4 Å². The summed E-state index contributed by atoms with van der Waals surface area (Å²) in [5.74, 6) is -0.0475. The Morgan fingerprint density at radius 1 is 1.28 bits per heavy atom. The molecule has 1 fully saturated rings. The first kappa shape index (κ1) is 24.5. The molecule has 1 saturated carbocycles. The lowest BCUT2D eigenvalue weighted by Gasteiger charge is -2.26. The number of nitrogens with zero attached hydrogens (tertiary/aromatic N) is 1. The first-order valence-corrected chi connectivity index (χ1v) is 12.3. The van der Waals surface area contributed by atoms with Crippen LogP contribution in [0.2, 0.25) is 5.02 Å². The van der Waals surface area contributed by atoms with Gasteiger partial charge in [-0.15, -0.1) is 11.3 Å². The first-order chi connectivity index (χ1) is 15.5. The SMILES string of the molecule is Cc1ncc(Cl)cc1NCc1ccc(C(=O)N[C@@H](CC2CCCCC2)C(=O)NCCO)s1. The van der Waals surface area contributed by atoms with E-state index in [0.29, 0.717) is 28.8 Å². The Kier molecular flexibility index (Phi) is 9.32. The molecule has 7 nitrogen and oxygen atoms in total. The van der Waals surface area contributed by atoms with Crippen molar-refractivity contribution in [3.63, 3.8) is 0 Å². The van der Waals surface area contributed by atoms with Gasteiger partial charge in [0.05, 0.1) is 27.9 Å². The molecule has 0 spiro atoms. The molecule has 0 radical (unpaired) electrons. The molecular weight excluding hydrogens is 448 g/mol. The highest BCUT2D eigenvalue weighted by Gasteiger charge is 2.26. The van der Waals surface area contributed by atoms with Crippen LogP contribution in [0.4, 0.5) is 5.69 Å². The molecule has 0 saturated heterocycles. The molecule has 2 aromatic rings. The molecule has 0 aromatic carbocycles. The standard InChI is InChI=1S/C23H31ClN4O3S/c1-15-19(12-17(24)13-26-15)27-14-18-7-8-21(32-18)23(31)28-20(22(30)25-9-10-29)11-16-5-3-2-4-6-16/h7-8,12-13,16,20,27,29H,2-6,9-11,14H2,1H3,(H,25,30)(H,28,31)/t20-/m0/s1. The number of amides is 2. The number of thiophene rings is 1. The number of anilines is 1. The van der Waals surface area contributed by atoms with E-state index in [0.717, 1.165) is 29.1 Å². The van der Waals surface area contributed by atoms with E-state index in [1.165, 1.54) is 30.6 Å². The fourth-order valence-corrected chi connectivity index (χ4v) is 4.99. The van der Waals surface area contributed by atoms with Crippen molar-refractivity contribution in [3.05, 3.63) is 44.9 Å². The highest BCUT2D eigenvalue weighted by molar-refractivity contribution is 7.14. The van der Waals surface area contributed by atoms with E-state index in [-0.39, 0.29) is 25.0 Å². The molecule has 1 aliphatic rings. The Hall–Kier alpha value is -2.16. The van der Waals surface area contributed by atoms with E-state index < -0.39 is 6.04 Å². The number of aryl methyl sites for hydroxylation is 1. The van der Waals surface area contributed by atoms with Crippen molar-refractivity contribution in [2.24, 2.45) is 5.92 Å². The van der Waals surface area contributed by atoms with Crippen molar-refractivity contribution < 1.29 is 14.7 Å². The summed E-state index contributed by atoms with van der Waals surface area (Å²) in [6.07, 6.45) is 8.00. The third-order valence-electron chi connectivity index (χ3n) is 5.72. The zero-order valence-corrected chi connectivity index (χ0v) is 19.9. The van der Waals surface area contributed by atoms with Gasteiger partial charge < -0.3 is 21.1 Å². The maximum Gasteiger partial charge on any atom is 0.262 e. The summed E-state index contributed by atoms with van der Waals surface area (Å²) in [5, 5.41) is 18.5. The van der Waals surface area contributed by atoms with Crippen molar-refractivity contribution in [2.45, 2.75) is 58.0 Å². The van der Waals surface area contributed by atoms with Gasteiger partial charge >= 0.3 is 0 Å². The molecule has 9 heteroatoms. The summed E-state index contributed by atoms with van der Waals surface area (Å²) in [5.41, 5.74) is 1.70. The van der Waals surface area contributed by atoms with Crippen LogP contribution < -0.4 is 16.0 Å². The monoisotopic (exact) mass is 478 g/mol. The average molecular weight is 479 g/mol. The van der Waals surface area contributed by atoms with Crippen LogP contribution in [-0.2, 0) is 11.3 Å². The summed E-state index contributed by atoms with van der Waals surface area (Å²) >= 11 is 7.41. The predicted molar refractivity (Wildman–Crippen MR) is 128 cm³/mol. The summed E-state index contributed by atoms with van der Waals surface area (Å²) in [6, 6.07) is 4.91. The van der Waals surface area contributed by atoms with Crippen molar-refractivity contribution in [2.75, 3.05) is 18.5 Å². The van der Waals surface area contributed by atoms with Crippen LogP contribution in [0.15, 0.2) is 24.4 Å². The van der Waals surface area contributed by atoms with E-state index in [2.05, 4.69) is 20.9 Å². The van der Waals surface area contributed by atoms with Crippen LogP contribution in [0.5, 0.6) is 0 Å². The fraction of sp³-hybridized carbons (Fsp3) is 0.522. The molecule has 0 aliphatic heterocycles. The quantitative estimate of drug-likeness (QED) is 0.414. The summed E-state index contributed by atoms with van der Waals surface area (Å²) < 4.78 is 0. The Balaban J connectivity index is 1.60. The van der Waals surface area contributed by atoms with Gasteiger partial charge in [-0.3, -0.25) is 14.6 Å². The number of hydrogen-bond acceptors (Lipinski definition) is 6. The molecule has 1 aliphatic carbocycles. The third kappa shape index (κ3) is 7.18. The highest BCUT2D eigenvalue weighted by atomic mass is 35.5. The Labute approximate surface area is 198 Å². The number of carbonyl (C=O) groups excluding carboxylic acids is 2. The first-order valence-electron chi connectivity index (χ1n) is 11.1. The highest BCUT2D eigenvalue weighted by Crippen LogP contribution is 2.28. The normalized spacial score (nSPS) is 15.2. The fourth-order valence-electron chi connectivity index (χ4n) is 3.98. The summed E-state index contributed by atoms with van der Waals surface area (Å²) in [7, 11) is 0. The lowest BCUT2D eigenvalue weighted by Crippen LogP contribution is -2.48. The van der Waals surface area contributed by atoms with Crippen LogP contribution in [0.3, 0.4) is 0 Å². The molecule has 2 amide bonds. The number of halogens is 1. The molecule has 2 aromatic heterocycles. The zero-order valence-electron chi connectivity index (χ0n) is 18.3. The number of aliphatic hydroxyl groups excluding tert-OH is 1. The minimum absolute atomic E-state index is 0.126. The summed E-state index contributed by atoms with van der Waals surface area (Å²) in [4.78, 5) is 31.3. The van der Waals surface area contributed by atoms with Gasteiger partial charge in [0.25, 0.3) is 5.91 Å². The average Bonchev–Trinajstić information content (AvgIpc) is 3.27. The number of pyridine rings is 1. The second-order valence-electron chi connectivity index (χ2n) is 8.19. The van der Waals surface area contributed by atoms with Gasteiger partial charge in [0, 0.05) is 24.2 Å². The molecule has 0 bridgehead atoms. The van der Waals surface area contributed by atoms with Crippen LogP contribution >= 0.6 is 22.9 Å². The van der Waals surface area contributed by atoms with Crippen LogP contribution in [0.25, 0.3) is 0 Å². The lowest BCUT2D eigenvalue weighted by atomic mass is 9.84. The second kappa shape index (κ2) is 12.2. The van der Waals surface area contributed by atoms with E-state index in [1.807, 2.05) is 19.1 Å². The van der Waals surface area contributed by atoms with E-state index in [4.69, 9.17) is 16.7 Å². The number of nitrogens with one attached hydrogen (secondary N) is 3. The Morgan fingerprint density at radius 3 is 2.81 bits per heavy atom. The number of aliphatic hydroxyl groups is 1. The van der Waals surface area contributed by atoms with Gasteiger partial charge in [-0.2, -0.15) is 0 Å². The molecule has 174 valence electrons. The minimum Gasteiger partial charge on any atom is -0.395 e. The topological polar surface area (TPSA) is 103 Å². The zero-order chi connectivity index (χ0) is 22.9. The van der Waals surface area contributed by atoms with E-state index in [1.54, 1.807) is 12.3 Å². The van der Waals surface area contributed by atoms with Crippen LogP contribution in [-0.4, -0.2) is 41.1 Å². The minimum atomic E-state index is -0.596. The smallest absolute Gasteiger partial charge is 0.262 e. The molecule has 3 rings (SSSR count). The van der Waals surface area contributed by atoms with Crippen molar-refractivity contribution in [3.8, 4) is 0 Å². The lowest BCUT2D eigenvalue weighted by molar-refractivity contribution is -0.123. The van der Waals surface area contributed by atoms with Crippen LogP contribution in [0.1, 0.15) is 58.8 Å². The molecule has 2 heterocycles. The van der Waals surface area contributed by atoms with E-state index >= 15 is 0 Å². The van der Waals surface area contributed by atoms with Crippen molar-refractivity contribution in [1.82, 2.24) is 15.6 Å². The molecule has 1 atom stereocenters. The van der Waals surface area contributed by atoms with Crippen LogP contribution in [0, 0.1) is 12.8 Å². The van der Waals surface area contributed by atoms with Gasteiger partial charge in [-0.05, 0) is 37.5 Å². The summed E-state index contributed by atoms with van der Waals surface area (Å²) in [6.45, 7) is 2.50. The maximum atomic E-state index is 12.9. The Morgan fingerprint density at radius 2 is 2.06 bits per heavy atom. The van der Waals surface area contributed by atoms with E-state index in [9.17, 15) is 9.59 Å². The van der Waals surface area contributed by atoms with Gasteiger partial charge in [0.15, 0.2) is 0 Å². The van der Waals surface area contributed by atoms with Gasteiger partial charge in [-0.1, -0.05) is 43.7 Å². The van der Waals surface area contributed by atoms with Gasteiger partial charge in [-0.25, -0.2) is 0 Å². The maximum absolute atomic E-state index is 12.9. The molecule has 4 N–H and O–H groups in total. The van der Waals surface area contributed by atoms with Gasteiger partial charge in [0.2, 0.25) is 5.91 Å².